The van der Waals surface area contributed by atoms with Gasteiger partial charge in [-0.15, -0.1) is 0 Å². The number of ether oxygens (including phenoxy) is 1. The molecule has 0 amide bonds. The van der Waals surface area contributed by atoms with Crippen LogP contribution in [0, 0.1) is 12.3 Å². The first-order valence-corrected chi connectivity index (χ1v) is 7.10. The quantitative estimate of drug-likeness (QED) is 0.656. The van der Waals surface area contributed by atoms with Gasteiger partial charge in [0.1, 0.15) is 0 Å². The average Bonchev–Trinajstić information content (AvgIpc) is 2.72. The molecular formula is C16H24N2O2. The molecule has 0 spiro atoms. The second kappa shape index (κ2) is 5.35. The SMILES string of the molecule is COC(=O)c1cc(NC2CCCC2(C)C)cc(C)c1N. The number of rotatable bonds is 3. The second-order valence-corrected chi connectivity index (χ2v) is 6.32. The number of hydrogen-bond donors (Lipinski definition) is 2. The van der Waals surface area contributed by atoms with Gasteiger partial charge in [-0.1, -0.05) is 20.3 Å². The first-order chi connectivity index (χ1) is 9.35. The molecule has 3 N–H and O–H groups in total. The lowest BCUT2D eigenvalue weighted by Gasteiger charge is -2.29. The number of carbonyl (C=O) groups is 1. The number of methoxy groups -OCH3 is 1. The fourth-order valence-corrected chi connectivity index (χ4v) is 2.96. The van der Waals surface area contributed by atoms with Crippen molar-refractivity contribution in [3.63, 3.8) is 0 Å². The number of nitrogens with two attached hydrogens (primary N) is 1. The third kappa shape index (κ3) is 2.74. The van der Waals surface area contributed by atoms with Crippen LogP contribution in [0.25, 0.3) is 0 Å². The molecule has 110 valence electrons. The lowest BCUT2D eigenvalue weighted by Crippen LogP contribution is -2.31. The monoisotopic (exact) mass is 276 g/mol. The van der Waals surface area contributed by atoms with Gasteiger partial charge in [0, 0.05) is 17.4 Å². The van der Waals surface area contributed by atoms with Gasteiger partial charge >= 0.3 is 5.97 Å². The summed E-state index contributed by atoms with van der Waals surface area (Å²) < 4.78 is 4.79. The standard InChI is InChI=1S/C16H24N2O2/c1-10-8-11(9-12(14(10)17)15(19)20-4)18-13-6-5-7-16(13,2)3/h8-9,13,18H,5-7,17H2,1-4H3. The van der Waals surface area contributed by atoms with Gasteiger partial charge in [0.05, 0.1) is 12.7 Å². The predicted octanol–water partition coefficient (Wildman–Crippen LogP) is 3.35. The van der Waals surface area contributed by atoms with E-state index in [1.54, 1.807) is 6.07 Å². The Kier molecular flexibility index (Phi) is 3.93. The third-order valence-electron chi connectivity index (χ3n) is 4.39. The van der Waals surface area contributed by atoms with Crippen molar-refractivity contribution in [3.8, 4) is 0 Å². The zero-order chi connectivity index (χ0) is 14.9. The maximum atomic E-state index is 11.8. The van der Waals surface area contributed by atoms with Gasteiger partial charge in [-0.05, 0) is 42.9 Å². The molecule has 1 fully saturated rings. The molecule has 4 heteroatoms. The smallest absolute Gasteiger partial charge is 0.340 e. The molecule has 1 aliphatic rings. The summed E-state index contributed by atoms with van der Waals surface area (Å²) in [6.45, 7) is 6.47. The summed E-state index contributed by atoms with van der Waals surface area (Å²) in [6.07, 6.45) is 3.62. The lowest BCUT2D eigenvalue weighted by atomic mass is 9.87. The number of nitrogens with one attached hydrogen (secondary N) is 1. The summed E-state index contributed by atoms with van der Waals surface area (Å²) in [4.78, 5) is 11.8. The molecule has 1 unspecified atom stereocenters. The third-order valence-corrected chi connectivity index (χ3v) is 4.39. The van der Waals surface area contributed by atoms with Crippen LogP contribution in [-0.2, 0) is 4.74 Å². The van der Waals surface area contributed by atoms with Crippen LogP contribution >= 0.6 is 0 Å². The summed E-state index contributed by atoms with van der Waals surface area (Å²) in [6, 6.07) is 4.22. The Morgan fingerprint density at radius 2 is 2.15 bits per heavy atom. The van der Waals surface area contributed by atoms with E-state index in [0.29, 0.717) is 17.3 Å². The number of hydrogen-bond acceptors (Lipinski definition) is 4. The molecule has 20 heavy (non-hydrogen) atoms. The highest BCUT2D eigenvalue weighted by atomic mass is 16.5. The molecule has 1 aromatic carbocycles. The van der Waals surface area contributed by atoms with Crippen LogP contribution in [-0.4, -0.2) is 19.1 Å². The molecule has 1 atom stereocenters. The largest absolute Gasteiger partial charge is 0.465 e. The Hall–Kier alpha value is -1.71. The Morgan fingerprint density at radius 1 is 1.45 bits per heavy atom. The lowest BCUT2D eigenvalue weighted by molar-refractivity contribution is 0.0602. The summed E-state index contributed by atoms with van der Waals surface area (Å²) in [5, 5.41) is 3.56. The topological polar surface area (TPSA) is 64.3 Å². The summed E-state index contributed by atoms with van der Waals surface area (Å²) in [5.41, 5.74) is 9.01. The molecule has 0 aliphatic heterocycles. The molecular weight excluding hydrogens is 252 g/mol. The van der Waals surface area contributed by atoms with E-state index in [9.17, 15) is 4.79 Å². The van der Waals surface area contributed by atoms with E-state index in [4.69, 9.17) is 10.5 Å². The van der Waals surface area contributed by atoms with E-state index in [2.05, 4.69) is 19.2 Å². The Balaban J connectivity index is 2.29. The normalized spacial score (nSPS) is 20.7. The van der Waals surface area contributed by atoms with Crippen LogP contribution in [0.5, 0.6) is 0 Å². The highest BCUT2D eigenvalue weighted by Crippen LogP contribution is 2.39. The van der Waals surface area contributed by atoms with Gasteiger partial charge < -0.3 is 15.8 Å². The van der Waals surface area contributed by atoms with Gasteiger partial charge in [0.15, 0.2) is 0 Å². The number of nitrogen functional groups attached to an aromatic ring is 1. The molecule has 0 bridgehead atoms. The van der Waals surface area contributed by atoms with Crippen molar-refractivity contribution >= 4 is 17.3 Å². The Bertz CT molecular complexity index is 523. The van der Waals surface area contributed by atoms with E-state index in [0.717, 1.165) is 17.7 Å². The number of carbonyl (C=O) groups excluding carboxylic acids is 1. The summed E-state index contributed by atoms with van der Waals surface area (Å²) >= 11 is 0. The molecule has 0 saturated heterocycles. The van der Waals surface area contributed by atoms with Crippen LogP contribution in [0.15, 0.2) is 12.1 Å². The molecule has 1 saturated carbocycles. The van der Waals surface area contributed by atoms with Crippen molar-refractivity contribution < 1.29 is 9.53 Å². The minimum absolute atomic E-state index is 0.278. The van der Waals surface area contributed by atoms with E-state index >= 15 is 0 Å². The van der Waals surface area contributed by atoms with Crippen LogP contribution in [0.3, 0.4) is 0 Å². The van der Waals surface area contributed by atoms with Crippen molar-refractivity contribution in [2.45, 2.75) is 46.1 Å². The van der Waals surface area contributed by atoms with Crippen LogP contribution in [0.4, 0.5) is 11.4 Å². The highest BCUT2D eigenvalue weighted by Gasteiger charge is 2.34. The van der Waals surface area contributed by atoms with Gasteiger partial charge in [-0.2, -0.15) is 0 Å². The first-order valence-electron chi connectivity index (χ1n) is 7.10. The average molecular weight is 276 g/mol. The zero-order valence-corrected chi connectivity index (χ0v) is 12.7. The highest BCUT2D eigenvalue weighted by molar-refractivity contribution is 5.97. The van der Waals surface area contributed by atoms with Gasteiger partial charge in [-0.25, -0.2) is 4.79 Å². The number of aryl methyl sites for hydroxylation is 1. The fraction of sp³-hybridized carbons (Fsp3) is 0.562. The molecule has 1 aliphatic carbocycles. The Labute approximate surface area is 120 Å². The predicted molar refractivity (Wildman–Crippen MR) is 82.0 cm³/mol. The molecule has 0 heterocycles. The first kappa shape index (κ1) is 14.7. The maximum absolute atomic E-state index is 11.8. The molecule has 1 aromatic rings. The Morgan fingerprint density at radius 3 is 2.70 bits per heavy atom. The zero-order valence-electron chi connectivity index (χ0n) is 12.7. The summed E-state index contributed by atoms with van der Waals surface area (Å²) in [7, 11) is 1.37. The fourth-order valence-electron chi connectivity index (χ4n) is 2.96. The minimum atomic E-state index is -0.389. The minimum Gasteiger partial charge on any atom is -0.465 e. The van der Waals surface area contributed by atoms with Gasteiger partial charge in [-0.3, -0.25) is 0 Å². The van der Waals surface area contributed by atoms with E-state index in [-0.39, 0.29) is 11.4 Å². The number of benzene rings is 1. The number of anilines is 2. The van der Waals surface area contributed by atoms with Crippen LogP contribution in [0.2, 0.25) is 0 Å². The van der Waals surface area contributed by atoms with Crippen LogP contribution in [0.1, 0.15) is 49.0 Å². The second-order valence-electron chi connectivity index (χ2n) is 6.32. The van der Waals surface area contributed by atoms with Gasteiger partial charge in [0.25, 0.3) is 0 Å². The van der Waals surface area contributed by atoms with E-state index in [1.165, 1.54) is 20.0 Å². The molecule has 0 radical (unpaired) electrons. The number of esters is 1. The van der Waals surface area contributed by atoms with Crippen molar-refractivity contribution in [1.82, 2.24) is 0 Å². The molecule has 0 aromatic heterocycles. The van der Waals surface area contributed by atoms with Crippen molar-refractivity contribution in [1.29, 1.82) is 0 Å². The van der Waals surface area contributed by atoms with E-state index < -0.39 is 0 Å². The van der Waals surface area contributed by atoms with E-state index in [1.807, 2.05) is 13.0 Å². The van der Waals surface area contributed by atoms with Gasteiger partial charge in [0.2, 0.25) is 0 Å². The van der Waals surface area contributed by atoms with Crippen molar-refractivity contribution in [2.75, 3.05) is 18.2 Å². The molecule has 2 rings (SSSR count). The van der Waals surface area contributed by atoms with Crippen molar-refractivity contribution in [2.24, 2.45) is 5.41 Å². The molecule has 4 nitrogen and oxygen atoms in total. The van der Waals surface area contributed by atoms with Crippen molar-refractivity contribution in [3.05, 3.63) is 23.3 Å². The van der Waals surface area contributed by atoms with Crippen LogP contribution < -0.4 is 11.1 Å². The summed E-state index contributed by atoms with van der Waals surface area (Å²) in [5.74, 6) is -0.389. The maximum Gasteiger partial charge on any atom is 0.340 e.